The van der Waals surface area contributed by atoms with Crippen molar-refractivity contribution in [1.82, 2.24) is 14.5 Å². The third kappa shape index (κ3) is 6.28. The standard InChI is InChI=1S/C33H35N3O2S/c1-22-7-13-27(34-18-22)21-38-28-14-15-30-29(17-28)32(39-33(3,4)5)23(2)36(30)20-24-8-10-25(11-9-24)26-12-16-31(37-6)35-19-26/h7-19H,20-21H2,1-6H3. The van der Waals surface area contributed by atoms with Crippen LogP contribution in [-0.2, 0) is 13.2 Å². The number of fused-ring (bicyclic) bond motifs is 1. The van der Waals surface area contributed by atoms with Crippen molar-refractivity contribution in [1.29, 1.82) is 0 Å². The molecule has 39 heavy (non-hydrogen) atoms. The highest BCUT2D eigenvalue weighted by atomic mass is 32.2. The van der Waals surface area contributed by atoms with E-state index in [-0.39, 0.29) is 4.75 Å². The highest BCUT2D eigenvalue weighted by Crippen LogP contribution is 2.42. The lowest BCUT2D eigenvalue weighted by Crippen LogP contribution is -2.07. The van der Waals surface area contributed by atoms with E-state index in [0.717, 1.165) is 34.7 Å². The van der Waals surface area contributed by atoms with Crippen LogP contribution in [0.25, 0.3) is 22.0 Å². The van der Waals surface area contributed by atoms with E-state index in [0.29, 0.717) is 12.5 Å². The van der Waals surface area contributed by atoms with Crippen molar-refractivity contribution in [3.05, 3.63) is 102 Å². The Morgan fingerprint density at radius 2 is 1.62 bits per heavy atom. The van der Waals surface area contributed by atoms with Gasteiger partial charge >= 0.3 is 0 Å². The predicted molar refractivity (Wildman–Crippen MR) is 161 cm³/mol. The zero-order valence-electron chi connectivity index (χ0n) is 23.5. The van der Waals surface area contributed by atoms with Crippen LogP contribution < -0.4 is 9.47 Å². The largest absolute Gasteiger partial charge is 0.487 e. The normalized spacial score (nSPS) is 11.6. The summed E-state index contributed by atoms with van der Waals surface area (Å²) in [5.41, 5.74) is 8.01. The lowest BCUT2D eigenvalue weighted by Gasteiger charge is -2.18. The summed E-state index contributed by atoms with van der Waals surface area (Å²) in [7, 11) is 1.63. The molecule has 0 bridgehead atoms. The highest BCUT2D eigenvalue weighted by Gasteiger charge is 2.21. The number of hydrogen-bond donors (Lipinski definition) is 0. The molecule has 0 saturated carbocycles. The Labute approximate surface area is 235 Å². The number of aryl methyl sites for hydroxylation is 1. The molecule has 0 spiro atoms. The fourth-order valence-electron chi connectivity index (χ4n) is 4.56. The molecule has 200 valence electrons. The van der Waals surface area contributed by atoms with E-state index in [1.165, 1.54) is 27.1 Å². The van der Waals surface area contributed by atoms with Crippen LogP contribution in [0.15, 0.2) is 84.0 Å². The first-order valence-corrected chi connectivity index (χ1v) is 14.0. The van der Waals surface area contributed by atoms with Gasteiger partial charge in [-0.2, -0.15) is 0 Å². The monoisotopic (exact) mass is 537 g/mol. The molecule has 5 nitrogen and oxygen atoms in total. The number of pyridine rings is 2. The van der Waals surface area contributed by atoms with Gasteiger partial charge in [-0.3, -0.25) is 4.98 Å². The van der Waals surface area contributed by atoms with Crippen molar-refractivity contribution in [3.8, 4) is 22.8 Å². The van der Waals surface area contributed by atoms with Crippen LogP contribution in [0, 0.1) is 13.8 Å². The second-order valence-corrected chi connectivity index (χ2v) is 12.6. The van der Waals surface area contributed by atoms with E-state index < -0.39 is 0 Å². The lowest BCUT2D eigenvalue weighted by atomic mass is 10.1. The summed E-state index contributed by atoms with van der Waals surface area (Å²) in [4.78, 5) is 10.1. The Morgan fingerprint density at radius 1 is 0.846 bits per heavy atom. The number of ether oxygens (including phenoxy) is 2. The average molecular weight is 538 g/mol. The van der Waals surface area contributed by atoms with E-state index in [9.17, 15) is 0 Å². The maximum Gasteiger partial charge on any atom is 0.212 e. The van der Waals surface area contributed by atoms with Crippen molar-refractivity contribution in [3.63, 3.8) is 0 Å². The first kappa shape index (κ1) is 26.8. The molecule has 6 heteroatoms. The fraction of sp³-hybridized carbons (Fsp3) is 0.273. The van der Waals surface area contributed by atoms with Gasteiger partial charge in [-0.05, 0) is 60.9 Å². The Kier molecular flexibility index (Phi) is 7.67. The maximum absolute atomic E-state index is 6.17. The van der Waals surface area contributed by atoms with Gasteiger partial charge in [-0.15, -0.1) is 11.8 Å². The van der Waals surface area contributed by atoms with Gasteiger partial charge in [-0.1, -0.05) is 51.1 Å². The van der Waals surface area contributed by atoms with E-state index in [1.807, 2.05) is 49.3 Å². The van der Waals surface area contributed by atoms with E-state index in [1.54, 1.807) is 7.11 Å². The summed E-state index contributed by atoms with van der Waals surface area (Å²) in [5.74, 6) is 1.48. The first-order valence-electron chi connectivity index (χ1n) is 13.2. The molecule has 0 saturated heterocycles. The maximum atomic E-state index is 6.17. The Bertz CT molecular complexity index is 1570. The van der Waals surface area contributed by atoms with E-state index >= 15 is 0 Å². The van der Waals surface area contributed by atoms with Crippen molar-refractivity contribution >= 4 is 22.7 Å². The summed E-state index contributed by atoms with van der Waals surface area (Å²) in [6, 6.07) is 23.2. The fourth-order valence-corrected chi connectivity index (χ4v) is 5.70. The number of nitrogens with zero attached hydrogens (tertiary/aromatic N) is 3. The summed E-state index contributed by atoms with van der Waals surface area (Å²) in [5, 5.41) is 1.22. The minimum Gasteiger partial charge on any atom is -0.487 e. The molecule has 0 radical (unpaired) electrons. The molecule has 0 aliphatic carbocycles. The van der Waals surface area contributed by atoms with Gasteiger partial charge in [0.05, 0.1) is 12.8 Å². The topological polar surface area (TPSA) is 49.2 Å². The molecule has 0 atom stereocenters. The van der Waals surface area contributed by atoms with Gasteiger partial charge in [0.15, 0.2) is 0 Å². The molecule has 0 aliphatic heterocycles. The van der Waals surface area contributed by atoms with Crippen LogP contribution in [0.4, 0.5) is 0 Å². The molecule has 3 heterocycles. The van der Waals surface area contributed by atoms with E-state index in [2.05, 4.69) is 90.8 Å². The van der Waals surface area contributed by atoms with Gasteiger partial charge in [0.25, 0.3) is 0 Å². The van der Waals surface area contributed by atoms with Crippen molar-refractivity contribution in [2.24, 2.45) is 0 Å². The van der Waals surface area contributed by atoms with Crippen LogP contribution in [-0.4, -0.2) is 26.4 Å². The van der Waals surface area contributed by atoms with Gasteiger partial charge < -0.3 is 14.0 Å². The Hall–Kier alpha value is -3.77. The summed E-state index contributed by atoms with van der Waals surface area (Å²) >= 11 is 1.91. The highest BCUT2D eigenvalue weighted by molar-refractivity contribution is 8.00. The summed E-state index contributed by atoms with van der Waals surface area (Å²) in [6.07, 6.45) is 3.73. The number of benzene rings is 2. The number of aromatic nitrogens is 3. The van der Waals surface area contributed by atoms with Gasteiger partial charge in [0, 0.05) is 56.8 Å². The van der Waals surface area contributed by atoms with Crippen molar-refractivity contribution in [2.45, 2.75) is 57.4 Å². The summed E-state index contributed by atoms with van der Waals surface area (Å²) < 4.78 is 13.9. The molecule has 0 amide bonds. The summed E-state index contributed by atoms with van der Waals surface area (Å²) in [6.45, 7) is 12.3. The Morgan fingerprint density at radius 3 is 2.26 bits per heavy atom. The number of hydrogen-bond acceptors (Lipinski definition) is 5. The molecular formula is C33H35N3O2S. The van der Waals surface area contributed by atoms with Gasteiger partial charge in [0.1, 0.15) is 12.4 Å². The predicted octanol–water partition coefficient (Wildman–Crippen LogP) is 8.24. The molecule has 5 rings (SSSR count). The SMILES string of the molecule is COc1ccc(-c2ccc(Cn3c(C)c(SC(C)(C)C)c4cc(OCc5ccc(C)cn5)ccc43)cc2)cn1. The molecule has 3 aromatic heterocycles. The van der Waals surface area contributed by atoms with Crippen LogP contribution in [0.2, 0.25) is 0 Å². The molecule has 5 aromatic rings. The first-order chi connectivity index (χ1) is 18.7. The Balaban J connectivity index is 1.43. The molecular weight excluding hydrogens is 502 g/mol. The zero-order chi connectivity index (χ0) is 27.6. The van der Waals surface area contributed by atoms with Gasteiger partial charge in [0.2, 0.25) is 5.88 Å². The second-order valence-electron chi connectivity index (χ2n) is 10.8. The number of thioether (sulfide) groups is 1. The number of rotatable bonds is 8. The third-order valence-electron chi connectivity index (χ3n) is 6.58. The van der Waals surface area contributed by atoms with Crippen molar-refractivity contribution < 1.29 is 9.47 Å². The van der Waals surface area contributed by atoms with Gasteiger partial charge in [-0.25, -0.2) is 4.98 Å². The lowest BCUT2D eigenvalue weighted by molar-refractivity contribution is 0.301. The van der Waals surface area contributed by atoms with Crippen LogP contribution in [0.1, 0.15) is 43.3 Å². The molecule has 0 aliphatic rings. The number of methoxy groups -OCH3 is 1. The molecule has 0 fully saturated rings. The smallest absolute Gasteiger partial charge is 0.212 e. The van der Waals surface area contributed by atoms with E-state index in [4.69, 9.17) is 9.47 Å². The van der Waals surface area contributed by atoms with Crippen molar-refractivity contribution in [2.75, 3.05) is 7.11 Å². The minimum atomic E-state index is 0.0839. The molecule has 0 unspecified atom stereocenters. The quantitative estimate of drug-likeness (QED) is 0.187. The third-order valence-corrected chi connectivity index (χ3v) is 7.91. The van der Waals surface area contributed by atoms with Crippen LogP contribution in [0.5, 0.6) is 11.6 Å². The van der Waals surface area contributed by atoms with Crippen LogP contribution in [0.3, 0.4) is 0 Å². The molecule has 0 N–H and O–H groups in total. The minimum absolute atomic E-state index is 0.0839. The zero-order valence-corrected chi connectivity index (χ0v) is 24.3. The average Bonchev–Trinajstić information content (AvgIpc) is 3.17. The van der Waals surface area contributed by atoms with Crippen LogP contribution >= 0.6 is 11.8 Å². The molecule has 2 aromatic carbocycles. The second kappa shape index (κ2) is 11.1.